The van der Waals surface area contributed by atoms with Crippen LogP contribution in [0.25, 0.3) is 27.4 Å². The molecule has 178 valence electrons. The van der Waals surface area contributed by atoms with Crippen LogP contribution in [-0.4, -0.2) is 31.5 Å². The van der Waals surface area contributed by atoms with Crippen LogP contribution in [0.5, 0.6) is 5.75 Å². The summed E-state index contributed by atoms with van der Waals surface area (Å²) in [5.41, 5.74) is 0.833. The minimum atomic E-state index is -1.32. The number of H-pyrrole nitrogens is 1. The molecule has 0 saturated carbocycles. The topological polar surface area (TPSA) is 112 Å². The number of ketones is 1. The van der Waals surface area contributed by atoms with E-state index in [0.29, 0.717) is 21.9 Å². The first-order valence-electron chi connectivity index (χ1n) is 10.9. The number of benzene rings is 2. The molecule has 0 atom stereocenters. The number of fused-ring (bicyclic) bond motifs is 2. The second kappa shape index (κ2) is 9.06. The molecule has 35 heavy (non-hydrogen) atoms. The van der Waals surface area contributed by atoms with Crippen molar-refractivity contribution in [2.75, 3.05) is 0 Å². The number of aromatic nitrogens is 2. The number of allylic oxidation sites excluding steroid dienone is 4. The average molecular weight is 474 g/mol. The first-order chi connectivity index (χ1) is 16.6. The van der Waals surface area contributed by atoms with Gasteiger partial charge in [-0.1, -0.05) is 18.2 Å². The zero-order valence-corrected chi connectivity index (χ0v) is 19.3. The number of rotatable bonds is 6. The lowest BCUT2D eigenvalue weighted by Crippen LogP contribution is -2.19. The molecular weight excluding hydrogens is 451 g/mol. The van der Waals surface area contributed by atoms with Gasteiger partial charge in [-0.3, -0.25) is 9.59 Å². The minimum absolute atomic E-state index is 0.00867. The van der Waals surface area contributed by atoms with Crippen LogP contribution in [0.15, 0.2) is 59.4 Å². The standard InChI is InChI=1S/C27H23FN2O5/c1-4-5-6-19(15(3)31)24-20-9-14(2)21(28)12-23(20)30(25(24)27(34)35)13-17-10-16-7-8-18(32)11-22(16)29-26(17)33/h4-12,32H,13H2,1-3H3,(H,29,33)(H,34,35)/b5-4-,19-6+. The van der Waals surface area contributed by atoms with Gasteiger partial charge in [-0.15, -0.1) is 0 Å². The van der Waals surface area contributed by atoms with Gasteiger partial charge < -0.3 is 19.8 Å². The zero-order chi connectivity index (χ0) is 25.4. The van der Waals surface area contributed by atoms with E-state index in [-0.39, 0.29) is 46.0 Å². The second-order valence-corrected chi connectivity index (χ2v) is 8.29. The molecule has 0 aliphatic rings. The van der Waals surface area contributed by atoms with Crippen molar-refractivity contribution < 1.29 is 24.2 Å². The summed E-state index contributed by atoms with van der Waals surface area (Å²) in [4.78, 5) is 40.6. The minimum Gasteiger partial charge on any atom is -0.508 e. The van der Waals surface area contributed by atoms with Crippen molar-refractivity contribution in [1.82, 2.24) is 9.55 Å². The van der Waals surface area contributed by atoms with Gasteiger partial charge in [0.15, 0.2) is 5.78 Å². The van der Waals surface area contributed by atoms with E-state index in [9.17, 15) is 29.0 Å². The number of halogens is 1. The van der Waals surface area contributed by atoms with Gasteiger partial charge in [0.05, 0.1) is 17.6 Å². The average Bonchev–Trinajstić information content (AvgIpc) is 3.08. The van der Waals surface area contributed by atoms with E-state index < -0.39 is 17.3 Å². The summed E-state index contributed by atoms with van der Waals surface area (Å²) in [6, 6.07) is 8.84. The number of aromatic carboxylic acids is 1. The molecule has 4 rings (SSSR count). The Morgan fingerprint density at radius 1 is 1.17 bits per heavy atom. The molecule has 4 aromatic rings. The molecule has 8 heteroatoms. The Morgan fingerprint density at radius 3 is 2.57 bits per heavy atom. The molecule has 7 nitrogen and oxygen atoms in total. The van der Waals surface area contributed by atoms with Gasteiger partial charge in [-0.05, 0) is 62.1 Å². The lowest BCUT2D eigenvalue weighted by Gasteiger charge is -2.11. The van der Waals surface area contributed by atoms with Crippen molar-refractivity contribution in [3.05, 3.63) is 93.2 Å². The number of aromatic amines is 1. The Morgan fingerprint density at radius 2 is 1.91 bits per heavy atom. The predicted molar refractivity (Wildman–Crippen MR) is 132 cm³/mol. The molecule has 0 amide bonds. The maximum absolute atomic E-state index is 14.7. The van der Waals surface area contributed by atoms with Crippen LogP contribution in [0.4, 0.5) is 4.39 Å². The van der Waals surface area contributed by atoms with Crippen LogP contribution in [0.3, 0.4) is 0 Å². The van der Waals surface area contributed by atoms with Crippen LogP contribution in [-0.2, 0) is 11.3 Å². The van der Waals surface area contributed by atoms with Crippen molar-refractivity contribution in [2.45, 2.75) is 27.3 Å². The van der Waals surface area contributed by atoms with Gasteiger partial charge >= 0.3 is 5.97 Å². The lowest BCUT2D eigenvalue weighted by molar-refractivity contribution is -0.111. The summed E-state index contributed by atoms with van der Waals surface area (Å²) in [6.45, 7) is 4.48. The Hall–Kier alpha value is -4.46. The first kappa shape index (κ1) is 23.7. The number of nitrogens with one attached hydrogen (secondary N) is 1. The molecule has 0 bridgehead atoms. The highest BCUT2D eigenvalue weighted by atomic mass is 19.1. The number of aromatic hydroxyl groups is 1. The van der Waals surface area contributed by atoms with Gasteiger partial charge in [0.1, 0.15) is 17.3 Å². The molecule has 0 aliphatic heterocycles. The second-order valence-electron chi connectivity index (χ2n) is 8.29. The van der Waals surface area contributed by atoms with Crippen LogP contribution in [0.1, 0.15) is 41.0 Å². The Kier molecular flexibility index (Phi) is 6.13. The summed E-state index contributed by atoms with van der Waals surface area (Å²) in [5, 5.41) is 20.9. The number of carboxylic acids is 1. The predicted octanol–water partition coefficient (Wildman–Crippen LogP) is 4.93. The van der Waals surface area contributed by atoms with E-state index in [0.717, 1.165) is 0 Å². The normalized spacial score (nSPS) is 12.2. The quantitative estimate of drug-likeness (QED) is 0.271. The summed E-state index contributed by atoms with van der Waals surface area (Å²) in [5.74, 6) is -2.21. The SMILES string of the molecule is C/C=C\C=C(/C(C)=O)c1c(C(=O)O)n(Cc2cc3ccc(O)cc3[nH]c2=O)c2cc(F)c(C)cc12. The van der Waals surface area contributed by atoms with E-state index in [1.807, 2.05) is 0 Å². The third-order valence-electron chi connectivity index (χ3n) is 5.89. The number of carboxylic acid groups (broad SMARTS) is 1. The molecule has 2 aromatic carbocycles. The van der Waals surface area contributed by atoms with E-state index >= 15 is 0 Å². The largest absolute Gasteiger partial charge is 0.508 e. The maximum Gasteiger partial charge on any atom is 0.353 e. The maximum atomic E-state index is 14.7. The molecular formula is C27H23FN2O5. The van der Waals surface area contributed by atoms with E-state index in [1.165, 1.54) is 41.8 Å². The summed E-state index contributed by atoms with van der Waals surface area (Å²) >= 11 is 0. The number of hydrogen-bond donors (Lipinski definition) is 3. The molecule has 0 unspecified atom stereocenters. The molecule has 0 fully saturated rings. The van der Waals surface area contributed by atoms with Gasteiger partial charge in [-0.2, -0.15) is 0 Å². The van der Waals surface area contributed by atoms with Gasteiger partial charge in [0.25, 0.3) is 5.56 Å². The number of nitrogens with zero attached hydrogens (tertiary/aromatic N) is 1. The highest BCUT2D eigenvalue weighted by Crippen LogP contribution is 2.35. The zero-order valence-electron chi connectivity index (χ0n) is 19.3. The Balaban J connectivity index is 2.07. The van der Waals surface area contributed by atoms with Gasteiger partial charge in [0.2, 0.25) is 0 Å². The Labute approximate surface area is 199 Å². The summed E-state index contributed by atoms with van der Waals surface area (Å²) < 4.78 is 16.0. The van der Waals surface area contributed by atoms with E-state index in [1.54, 1.807) is 38.1 Å². The van der Waals surface area contributed by atoms with Crippen molar-refractivity contribution in [2.24, 2.45) is 0 Å². The molecule has 2 aromatic heterocycles. The van der Waals surface area contributed by atoms with E-state index in [4.69, 9.17) is 0 Å². The summed E-state index contributed by atoms with van der Waals surface area (Å²) in [6.07, 6.45) is 4.87. The number of phenolic OH excluding ortho intramolecular Hbond substituents is 1. The number of Topliss-reactive ketones (excluding diaryl/α,β-unsaturated/α-hetero) is 1. The van der Waals surface area contributed by atoms with Crippen LogP contribution >= 0.6 is 0 Å². The molecule has 0 spiro atoms. The van der Waals surface area contributed by atoms with Crippen molar-refractivity contribution in [3.63, 3.8) is 0 Å². The van der Waals surface area contributed by atoms with Crippen molar-refractivity contribution in [3.8, 4) is 5.75 Å². The molecule has 0 saturated heterocycles. The van der Waals surface area contributed by atoms with Crippen LogP contribution in [0, 0.1) is 12.7 Å². The van der Waals surface area contributed by atoms with Gasteiger partial charge in [0, 0.05) is 28.2 Å². The summed E-state index contributed by atoms with van der Waals surface area (Å²) in [7, 11) is 0. The number of hydrogen-bond acceptors (Lipinski definition) is 4. The number of aryl methyl sites for hydroxylation is 1. The van der Waals surface area contributed by atoms with Crippen molar-refractivity contribution >= 4 is 39.1 Å². The number of phenols is 1. The third-order valence-corrected chi connectivity index (χ3v) is 5.89. The number of pyridine rings is 1. The third kappa shape index (κ3) is 4.26. The molecule has 0 aliphatic carbocycles. The Bertz CT molecular complexity index is 1640. The fraction of sp³-hybridized carbons (Fsp3) is 0.148. The lowest BCUT2D eigenvalue weighted by atomic mass is 9.97. The monoisotopic (exact) mass is 474 g/mol. The molecule has 0 radical (unpaired) electrons. The molecule has 2 heterocycles. The number of carbonyl (C=O) groups is 2. The fourth-order valence-electron chi connectivity index (χ4n) is 4.23. The number of carbonyl (C=O) groups excluding carboxylic acids is 1. The van der Waals surface area contributed by atoms with E-state index in [2.05, 4.69) is 4.98 Å². The fourth-order valence-corrected chi connectivity index (χ4v) is 4.23. The first-order valence-corrected chi connectivity index (χ1v) is 10.9. The van der Waals surface area contributed by atoms with Gasteiger partial charge in [-0.25, -0.2) is 9.18 Å². The highest BCUT2D eigenvalue weighted by Gasteiger charge is 2.27. The smallest absolute Gasteiger partial charge is 0.353 e. The highest BCUT2D eigenvalue weighted by molar-refractivity contribution is 6.25. The molecule has 3 N–H and O–H groups in total. The van der Waals surface area contributed by atoms with Crippen LogP contribution in [0.2, 0.25) is 0 Å². The van der Waals surface area contributed by atoms with Crippen molar-refractivity contribution in [1.29, 1.82) is 0 Å². The van der Waals surface area contributed by atoms with Crippen LogP contribution < -0.4 is 5.56 Å².